The highest BCUT2D eigenvalue weighted by atomic mass is 79.9. The van der Waals surface area contributed by atoms with Crippen LogP contribution in [-0.2, 0) is 19.5 Å². The van der Waals surface area contributed by atoms with Crippen LogP contribution in [0.25, 0.3) is 0 Å². The van der Waals surface area contributed by atoms with Gasteiger partial charge in [0.1, 0.15) is 10.4 Å². The van der Waals surface area contributed by atoms with E-state index in [1.807, 2.05) is 0 Å². The predicted octanol–water partition coefficient (Wildman–Crippen LogP) is 3.36. The molecule has 3 rings (SSSR count). The maximum absolute atomic E-state index is 4.75. The van der Waals surface area contributed by atoms with Crippen LogP contribution >= 0.6 is 15.9 Å². The molecule has 0 spiro atoms. The van der Waals surface area contributed by atoms with Crippen molar-refractivity contribution < 1.29 is 0 Å². The van der Waals surface area contributed by atoms with Gasteiger partial charge in [-0.25, -0.2) is 4.98 Å². The Bertz CT molecular complexity index is 405. The average Bonchev–Trinajstić information content (AvgIpc) is 2.58. The maximum Gasteiger partial charge on any atom is 0.127 e. The Labute approximate surface area is 118 Å². The molecule has 18 heavy (non-hydrogen) atoms. The average molecular weight is 312 g/mol. The molecule has 0 radical (unpaired) electrons. The summed E-state index contributed by atoms with van der Waals surface area (Å²) in [5, 5.41) is 0. The van der Waals surface area contributed by atoms with Crippen LogP contribution in [-0.4, -0.2) is 27.5 Å². The molecule has 1 aromatic rings. The minimum absolute atomic E-state index is 1.04. The summed E-state index contributed by atoms with van der Waals surface area (Å²) < 4.78 is 3.55. The molecule has 0 amide bonds. The summed E-state index contributed by atoms with van der Waals surface area (Å²) in [7, 11) is 0. The summed E-state index contributed by atoms with van der Waals surface area (Å²) in [4.78, 5) is 7.34. The van der Waals surface area contributed by atoms with E-state index in [1.165, 1.54) is 69.6 Å². The van der Waals surface area contributed by atoms with Crippen LogP contribution in [0.3, 0.4) is 0 Å². The first-order valence-corrected chi connectivity index (χ1v) is 8.10. The van der Waals surface area contributed by atoms with Crippen LogP contribution < -0.4 is 0 Å². The zero-order valence-electron chi connectivity index (χ0n) is 11.0. The molecule has 0 aromatic carbocycles. The van der Waals surface area contributed by atoms with E-state index in [0.29, 0.717) is 0 Å². The van der Waals surface area contributed by atoms with Gasteiger partial charge in [0, 0.05) is 6.54 Å². The lowest BCUT2D eigenvalue weighted by molar-refractivity contribution is 0.264. The molecular formula is C14H22BrN3. The van der Waals surface area contributed by atoms with Crippen molar-refractivity contribution in [1.82, 2.24) is 14.5 Å². The number of rotatable bonds is 2. The molecule has 0 atom stereocenters. The van der Waals surface area contributed by atoms with Gasteiger partial charge in [-0.15, -0.1) is 0 Å². The van der Waals surface area contributed by atoms with Gasteiger partial charge >= 0.3 is 0 Å². The van der Waals surface area contributed by atoms with Gasteiger partial charge in [-0.2, -0.15) is 0 Å². The summed E-state index contributed by atoms with van der Waals surface area (Å²) in [6.07, 6.45) is 9.33. The number of fused-ring (bicyclic) bond motifs is 1. The van der Waals surface area contributed by atoms with E-state index in [4.69, 9.17) is 4.98 Å². The summed E-state index contributed by atoms with van der Waals surface area (Å²) in [6.45, 7) is 4.70. The van der Waals surface area contributed by atoms with E-state index in [9.17, 15) is 0 Å². The van der Waals surface area contributed by atoms with Crippen LogP contribution in [0.2, 0.25) is 0 Å². The van der Waals surface area contributed by atoms with Gasteiger partial charge in [-0.1, -0.05) is 12.8 Å². The van der Waals surface area contributed by atoms with Crippen molar-refractivity contribution in [3.63, 3.8) is 0 Å². The Balaban J connectivity index is 1.75. The first kappa shape index (κ1) is 12.7. The first-order chi connectivity index (χ1) is 8.84. The van der Waals surface area contributed by atoms with Crippen LogP contribution in [0.1, 0.15) is 50.0 Å². The Morgan fingerprint density at radius 2 is 1.67 bits per heavy atom. The fourth-order valence-corrected chi connectivity index (χ4v) is 3.80. The molecule has 100 valence electrons. The fraction of sp³-hybridized carbons (Fsp3) is 0.786. The van der Waals surface area contributed by atoms with Gasteiger partial charge in [-0.05, 0) is 61.1 Å². The second-order valence-electron chi connectivity index (χ2n) is 5.56. The van der Waals surface area contributed by atoms with Crippen molar-refractivity contribution in [3.8, 4) is 0 Å². The molecule has 2 aliphatic rings. The highest BCUT2D eigenvalue weighted by molar-refractivity contribution is 9.10. The zero-order valence-corrected chi connectivity index (χ0v) is 12.6. The van der Waals surface area contributed by atoms with Crippen LogP contribution in [0, 0.1) is 0 Å². The molecule has 2 aliphatic heterocycles. The minimum atomic E-state index is 1.04. The number of aromatic nitrogens is 2. The summed E-state index contributed by atoms with van der Waals surface area (Å²) in [5.41, 5.74) is 1.42. The third-order valence-corrected chi connectivity index (χ3v) is 4.85. The number of hydrogen-bond donors (Lipinski definition) is 0. The summed E-state index contributed by atoms with van der Waals surface area (Å²) >= 11 is 3.63. The van der Waals surface area contributed by atoms with Gasteiger partial charge in [-0.3, -0.25) is 4.90 Å². The van der Waals surface area contributed by atoms with E-state index in [2.05, 4.69) is 25.4 Å². The van der Waals surface area contributed by atoms with Crippen molar-refractivity contribution in [3.05, 3.63) is 16.1 Å². The standard InChI is InChI=1S/C14H22BrN3/c15-14-12-7-3-6-10-18(12)13(16-14)11-17-8-4-1-2-5-9-17/h1-11H2. The smallest absolute Gasteiger partial charge is 0.127 e. The Morgan fingerprint density at radius 3 is 2.44 bits per heavy atom. The van der Waals surface area contributed by atoms with Crippen molar-refractivity contribution in [2.75, 3.05) is 13.1 Å². The highest BCUT2D eigenvalue weighted by Crippen LogP contribution is 2.25. The van der Waals surface area contributed by atoms with E-state index in [-0.39, 0.29) is 0 Å². The first-order valence-electron chi connectivity index (χ1n) is 7.31. The van der Waals surface area contributed by atoms with Crippen LogP contribution in [0.4, 0.5) is 0 Å². The van der Waals surface area contributed by atoms with Crippen molar-refractivity contribution in [1.29, 1.82) is 0 Å². The van der Waals surface area contributed by atoms with Gasteiger partial charge in [0.2, 0.25) is 0 Å². The number of halogens is 1. The number of nitrogens with zero attached hydrogens (tertiary/aromatic N) is 3. The van der Waals surface area contributed by atoms with Gasteiger partial charge in [0.05, 0.1) is 12.2 Å². The Morgan fingerprint density at radius 1 is 0.944 bits per heavy atom. The number of imidazole rings is 1. The largest absolute Gasteiger partial charge is 0.330 e. The van der Waals surface area contributed by atoms with Crippen molar-refractivity contribution >= 4 is 15.9 Å². The molecule has 0 bridgehead atoms. The summed E-state index contributed by atoms with van der Waals surface area (Å²) in [5.74, 6) is 1.28. The maximum atomic E-state index is 4.75. The third kappa shape index (κ3) is 2.64. The SMILES string of the molecule is Brc1nc(CN2CCCCCC2)n2c1CCCC2. The lowest BCUT2D eigenvalue weighted by Gasteiger charge is -2.22. The molecule has 3 nitrogen and oxygen atoms in total. The minimum Gasteiger partial charge on any atom is -0.330 e. The molecular weight excluding hydrogens is 290 g/mol. The third-order valence-electron chi connectivity index (χ3n) is 4.21. The Kier molecular flexibility index (Phi) is 4.04. The Hall–Kier alpha value is -0.350. The molecule has 3 heterocycles. The van der Waals surface area contributed by atoms with E-state index >= 15 is 0 Å². The highest BCUT2D eigenvalue weighted by Gasteiger charge is 2.20. The normalized spacial score (nSPS) is 21.6. The molecule has 4 heteroatoms. The molecule has 1 saturated heterocycles. The van der Waals surface area contributed by atoms with Gasteiger partial charge in [0.15, 0.2) is 0 Å². The second kappa shape index (κ2) is 5.74. The van der Waals surface area contributed by atoms with Crippen molar-refractivity contribution in [2.24, 2.45) is 0 Å². The predicted molar refractivity (Wildman–Crippen MR) is 76.6 cm³/mol. The lowest BCUT2D eigenvalue weighted by Crippen LogP contribution is -2.26. The van der Waals surface area contributed by atoms with Crippen LogP contribution in [0.5, 0.6) is 0 Å². The monoisotopic (exact) mass is 311 g/mol. The van der Waals surface area contributed by atoms with Crippen LogP contribution in [0.15, 0.2) is 4.60 Å². The molecule has 0 saturated carbocycles. The van der Waals surface area contributed by atoms with Crippen molar-refractivity contribution in [2.45, 2.75) is 58.0 Å². The quantitative estimate of drug-likeness (QED) is 0.835. The van der Waals surface area contributed by atoms with Gasteiger partial charge < -0.3 is 4.57 Å². The van der Waals surface area contributed by atoms with E-state index in [0.717, 1.165) is 17.7 Å². The number of likely N-dealkylation sites (tertiary alicyclic amines) is 1. The fourth-order valence-electron chi connectivity index (χ4n) is 3.18. The number of hydrogen-bond acceptors (Lipinski definition) is 2. The molecule has 1 aromatic heterocycles. The summed E-state index contributed by atoms with van der Waals surface area (Å²) in [6, 6.07) is 0. The van der Waals surface area contributed by atoms with E-state index in [1.54, 1.807) is 0 Å². The molecule has 1 fully saturated rings. The van der Waals surface area contributed by atoms with E-state index < -0.39 is 0 Å². The second-order valence-corrected chi connectivity index (χ2v) is 6.32. The van der Waals surface area contributed by atoms with Gasteiger partial charge in [0.25, 0.3) is 0 Å². The molecule has 0 aliphatic carbocycles. The molecule has 0 unspecified atom stereocenters. The topological polar surface area (TPSA) is 21.1 Å². The zero-order chi connectivity index (χ0) is 12.4. The lowest BCUT2D eigenvalue weighted by atomic mass is 10.1. The molecule has 0 N–H and O–H groups in total.